The third-order valence-electron chi connectivity index (χ3n) is 3.47. The van der Waals surface area contributed by atoms with Crippen LogP contribution in [0.3, 0.4) is 0 Å². The standard InChI is InChI=1S/C16H24N6O4S/c1-4-25-9-7-17-12-11-10-19-22(13(11)21-16(20-12)27-3)8-6-18-14(23)15(24)26-5-2/h10H,4-9H2,1-3H3,(H,18,23)(H,17,20,21). The zero-order valence-electron chi connectivity index (χ0n) is 15.7. The molecule has 2 rings (SSSR count). The molecule has 10 nitrogen and oxygen atoms in total. The molecule has 1 amide bonds. The number of fused-ring (bicyclic) bond motifs is 1. The molecule has 0 atom stereocenters. The molecule has 27 heavy (non-hydrogen) atoms. The molecule has 0 spiro atoms. The van der Waals surface area contributed by atoms with Crippen LogP contribution in [-0.2, 0) is 25.6 Å². The van der Waals surface area contributed by atoms with E-state index in [9.17, 15) is 9.59 Å². The first-order valence-electron chi connectivity index (χ1n) is 8.64. The van der Waals surface area contributed by atoms with E-state index in [1.165, 1.54) is 11.8 Å². The van der Waals surface area contributed by atoms with Gasteiger partial charge in [-0.25, -0.2) is 19.4 Å². The Hall–Kier alpha value is -2.40. The van der Waals surface area contributed by atoms with Crippen molar-refractivity contribution in [3.8, 4) is 0 Å². The summed E-state index contributed by atoms with van der Waals surface area (Å²) in [7, 11) is 0. The molecule has 0 saturated heterocycles. The van der Waals surface area contributed by atoms with E-state index in [4.69, 9.17) is 4.74 Å². The Balaban J connectivity index is 2.07. The first kappa shape index (κ1) is 20.9. The van der Waals surface area contributed by atoms with Crippen molar-refractivity contribution in [3.05, 3.63) is 6.20 Å². The van der Waals surface area contributed by atoms with Crippen molar-refractivity contribution in [2.45, 2.75) is 25.5 Å². The molecule has 0 bridgehead atoms. The summed E-state index contributed by atoms with van der Waals surface area (Å²) in [6.45, 7) is 6.18. The van der Waals surface area contributed by atoms with E-state index in [1.54, 1.807) is 17.8 Å². The van der Waals surface area contributed by atoms with Crippen LogP contribution in [-0.4, -0.2) is 70.8 Å². The summed E-state index contributed by atoms with van der Waals surface area (Å²) in [5.41, 5.74) is 0.652. The second-order valence-corrected chi connectivity index (χ2v) is 6.04. The molecule has 0 aromatic carbocycles. The van der Waals surface area contributed by atoms with Crippen molar-refractivity contribution in [1.29, 1.82) is 0 Å². The Labute approximate surface area is 161 Å². The van der Waals surface area contributed by atoms with Gasteiger partial charge in [-0.05, 0) is 20.1 Å². The lowest BCUT2D eigenvalue weighted by Gasteiger charge is -2.09. The summed E-state index contributed by atoms with van der Waals surface area (Å²) in [6, 6.07) is 0. The van der Waals surface area contributed by atoms with Gasteiger partial charge in [-0.2, -0.15) is 5.10 Å². The average molecular weight is 396 g/mol. The number of nitrogens with one attached hydrogen (secondary N) is 2. The lowest BCUT2D eigenvalue weighted by Crippen LogP contribution is -2.34. The quantitative estimate of drug-likeness (QED) is 0.196. The van der Waals surface area contributed by atoms with Crippen LogP contribution in [0.15, 0.2) is 11.4 Å². The highest BCUT2D eigenvalue weighted by Crippen LogP contribution is 2.23. The Bertz CT molecular complexity index is 782. The molecule has 0 radical (unpaired) electrons. The minimum atomic E-state index is -0.893. The molecule has 0 aliphatic carbocycles. The smallest absolute Gasteiger partial charge is 0.396 e. The number of carbonyl (C=O) groups is 2. The summed E-state index contributed by atoms with van der Waals surface area (Å²) in [6.07, 6.45) is 3.57. The van der Waals surface area contributed by atoms with E-state index < -0.39 is 11.9 Å². The van der Waals surface area contributed by atoms with Crippen LogP contribution in [0.4, 0.5) is 5.82 Å². The number of hydrogen-bond acceptors (Lipinski definition) is 9. The van der Waals surface area contributed by atoms with Crippen molar-refractivity contribution in [3.63, 3.8) is 0 Å². The molecular weight excluding hydrogens is 372 g/mol. The third kappa shape index (κ3) is 5.79. The van der Waals surface area contributed by atoms with Gasteiger partial charge in [0.15, 0.2) is 10.8 Å². The number of carbonyl (C=O) groups excluding carboxylic acids is 2. The van der Waals surface area contributed by atoms with Crippen molar-refractivity contribution < 1.29 is 19.1 Å². The van der Waals surface area contributed by atoms with Crippen LogP contribution in [0.1, 0.15) is 13.8 Å². The van der Waals surface area contributed by atoms with Gasteiger partial charge in [0, 0.05) is 19.7 Å². The molecule has 2 N–H and O–H groups in total. The maximum absolute atomic E-state index is 11.6. The lowest BCUT2D eigenvalue weighted by molar-refractivity contribution is -0.154. The predicted molar refractivity (Wildman–Crippen MR) is 102 cm³/mol. The van der Waals surface area contributed by atoms with Gasteiger partial charge in [-0.3, -0.25) is 4.79 Å². The predicted octanol–water partition coefficient (Wildman–Crippen LogP) is 0.676. The zero-order chi connectivity index (χ0) is 19.6. The van der Waals surface area contributed by atoms with E-state index in [-0.39, 0.29) is 13.2 Å². The van der Waals surface area contributed by atoms with Gasteiger partial charge in [-0.1, -0.05) is 11.8 Å². The SMILES string of the molecule is CCOCCNc1nc(SC)nc2c1cnn2CCNC(=O)C(=O)OCC. The van der Waals surface area contributed by atoms with Crippen molar-refractivity contribution in [2.24, 2.45) is 0 Å². The van der Waals surface area contributed by atoms with E-state index in [2.05, 4.69) is 30.4 Å². The van der Waals surface area contributed by atoms with Crippen molar-refractivity contribution >= 4 is 40.5 Å². The van der Waals surface area contributed by atoms with Crippen molar-refractivity contribution in [2.75, 3.05) is 44.5 Å². The molecule has 0 fully saturated rings. The highest BCUT2D eigenvalue weighted by molar-refractivity contribution is 7.98. The minimum Gasteiger partial charge on any atom is -0.459 e. The van der Waals surface area contributed by atoms with Gasteiger partial charge in [0.05, 0.1) is 31.3 Å². The third-order valence-corrected chi connectivity index (χ3v) is 4.02. The topological polar surface area (TPSA) is 120 Å². The molecule has 0 saturated carbocycles. The number of thioether (sulfide) groups is 1. The summed E-state index contributed by atoms with van der Waals surface area (Å²) >= 11 is 1.43. The highest BCUT2D eigenvalue weighted by Gasteiger charge is 2.15. The fourth-order valence-electron chi connectivity index (χ4n) is 2.26. The molecule has 0 aliphatic heterocycles. The Morgan fingerprint density at radius 3 is 2.74 bits per heavy atom. The summed E-state index contributed by atoms with van der Waals surface area (Å²) < 4.78 is 11.6. The first-order valence-corrected chi connectivity index (χ1v) is 9.87. The van der Waals surface area contributed by atoms with Gasteiger partial charge < -0.3 is 20.1 Å². The maximum atomic E-state index is 11.6. The Morgan fingerprint density at radius 1 is 1.22 bits per heavy atom. The van der Waals surface area contributed by atoms with Crippen LogP contribution in [0, 0.1) is 0 Å². The van der Waals surface area contributed by atoms with Gasteiger partial charge in [0.25, 0.3) is 0 Å². The van der Waals surface area contributed by atoms with E-state index in [0.29, 0.717) is 42.9 Å². The number of amides is 1. The van der Waals surface area contributed by atoms with Crippen LogP contribution >= 0.6 is 11.8 Å². The van der Waals surface area contributed by atoms with Crippen molar-refractivity contribution in [1.82, 2.24) is 25.1 Å². The van der Waals surface area contributed by atoms with Gasteiger partial charge in [0.1, 0.15) is 5.82 Å². The second-order valence-electron chi connectivity index (χ2n) is 5.26. The minimum absolute atomic E-state index is 0.156. The highest BCUT2D eigenvalue weighted by atomic mass is 32.2. The molecule has 0 unspecified atom stereocenters. The number of nitrogens with zero attached hydrogens (tertiary/aromatic N) is 4. The van der Waals surface area contributed by atoms with Crippen LogP contribution in [0.2, 0.25) is 0 Å². The fourth-order valence-corrected chi connectivity index (χ4v) is 2.62. The fraction of sp³-hybridized carbons (Fsp3) is 0.562. The average Bonchev–Trinajstić information content (AvgIpc) is 3.08. The zero-order valence-corrected chi connectivity index (χ0v) is 16.5. The molecule has 148 valence electrons. The van der Waals surface area contributed by atoms with Gasteiger partial charge in [0.2, 0.25) is 0 Å². The van der Waals surface area contributed by atoms with E-state index in [0.717, 1.165) is 5.39 Å². The maximum Gasteiger partial charge on any atom is 0.396 e. The summed E-state index contributed by atoms with van der Waals surface area (Å²) in [5.74, 6) is -0.979. The number of ether oxygens (including phenoxy) is 2. The lowest BCUT2D eigenvalue weighted by atomic mass is 10.4. The van der Waals surface area contributed by atoms with Crippen LogP contribution < -0.4 is 10.6 Å². The molecule has 2 aromatic heterocycles. The number of aromatic nitrogens is 4. The van der Waals surface area contributed by atoms with Gasteiger partial charge >= 0.3 is 11.9 Å². The van der Waals surface area contributed by atoms with E-state index in [1.807, 2.05) is 13.2 Å². The first-order chi connectivity index (χ1) is 13.1. The number of esters is 1. The van der Waals surface area contributed by atoms with E-state index >= 15 is 0 Å². The van der Waals surface area contributed by atoms with Crippen LogP contribution in [0.5, 0.6) is 0 Å². The molecule has 2 aromatic rings. The Morgan fingerprint density at radius 2 is 2.04 bits per heavy atom. The van der Waals surface area contributed by atoms with Gasteiger partial charge in [-0.15, -0.1) is 0 Å². The second kappa shape index (κ2) is 10.7. The molecular formula is C16H24N6O4S. The van der Waals surface area contributed by atoms with Crippen LogP contribution in [0.25, 0.3) is 11.0 Å². The number of hydrogen-bond donors (Lipinski definition) is 2. The largest absolute Gasteiger partial charge is 0.459 e. The molecule has 0 aliphatic rings. The molecule has 2 heterocycles. The number of anilines is 1. The summed E-state index contributed by atoms with van der Waals surface area (Å²) in [4.78, 5) is 31.9. The summed E-state index contributed by atoms with van der Waals surface area (Å²) in [5, 5.41) is 11.5. The molecule has 11 heteroatoms. The Kier molecular flexibility index (Phi) is 8.27. The monoisotopic (exact) mass is 396 g/mol. The normalized spacial score (nSPS) is 10.8. The number of rotatable bonds is 10.